The molecule has 1 aliphatic rings. The summed E-state index contributed by atoms with van der Waals surface area (Å²) in [6, 6.07) is 11.9. The van der Waals surface area contributed by atoms with Crippen LogP contribution in [0.1, 0.15) is 24.7 Å². The highest BCUT2D eigenvalue weighted by Gasteiger charge is 2.32. The van der Waals surface area contributed by atoms with Gasteiger partial charge in [0.15, 0.2) is 11.5 Å². The number of rotatable bonds is 6. The minimum absolute atomic E-state index is 0.0826. The van der Waals surface area contributed by atoms with Crippen molar-refractivity contribution in [2.24, 2.45) is 0 Å². The van der Waals surface area contributed by atoms with Crippen LogP contribution in [-0.4, -0.2) is 38.8 Å². The Morgan fingerprint density at radius 2 is 2.00 bits per heavy atom. The van der Waals surface area contributed by atoms with Crippen LogP contribution >= 0.6 is 0 Å². The molecule has 2 aromatic carbocycles. The summed E-state index contributed by atoms with van der Waals surface area (Å²) in [5.41, 5.74) is 2.44. The molecule has 0 bridgehead atoms. The summed E-state index contributed by atoms with van der Waals surface area (Å²) in [6.07, 6.45) is 8.41. The van der Waals surface area contributed by atoms with Crippen molar-refractivity contribution >= 4 is 11.4 Å². The predicted octanol–water partition coefficient (Wildman–Crippen LogP) is 5.19. The number of carbonyl (C=O) groups excluding carboxylic acids is 1. The first-order valence-corrected chi connectivity index (χ1v) is 11.0. The Balaban J connectivity index is 1.48. The predicted molar refractivity (Wildman–Crippen MR) is 125 cm³/mol. The highest BCUT2D eigenvalue weighted by atomic mass is 19.1. The molecular formula is C26H23FN4O3. The lowest BCUT2D eigenvalue weighted by molar-refractivity contribution is -0.127. The van der Waals surface area contributed by atoms with Crippen LogP contribution in [0.4, 0.5) is 4.39 Å². The summed E-state index contributed by atoms with van der Waals surface area (Å²) < 4.78 is 27.2. The van der Waals surface area contributed by atoms with Gasteiger partial charge >= 0.3 is 0 Å². The van der Waals surface area contributed by atoms with E-state index in [0.717, 1.165) is 35.4 Å². The molecule has 0 N–H and O–H groups in total. The number of methoxy groups -OCH3 is 1. The zero-order valence-electron chi connectivity index (χ0n) is 18.6. The summed E-state index contributed by atoms with van der Waals surface area (Å²) in [5, 5.41) is 0. The van der Waals surface area contributed by atoms with Crippen LogP contribution in [0.3, 0.4) is 0 Å². The van der Waals surface area contributed by atoms with Crippen LogP contribution in [0.5, 0.6) is 17.2 Å². The van der Waals surface area contributed by atoms with Gasteiger partial charge in [0.2, 0.25) is 11.7 Å². The highest BCUT2D eigenvalue weighted by molar-refractivity contribution is 5.87. The van der Waals surface area contributed by atoms with Gasteiger partial charge in [-0.25, -0.2) is 4.98 Å². The molecule has 3 heterocycles. The van der Waals surface area contributed by atoms with E-state index in [9.17, 15) is 9.18 Å². The number of aromatic nitrogens is 3. The Kier molecular flexibility index (Phi) is 5.71. The van der Waals surface area contributed by atoms with Crippen molar-refractivity contribution < 1.29 is 18.7 Å². The highest BCUT2D eigenvalue weighted by Crippen LogP contribution is 2.36. The van der Waals surface area contributed by atoms with Gasteiger partial charge in [-0.3, -0.25) is 14.2 Å². The van der Waals surface area contributed by atoms with Crippen LogP contribution in [0.15, 0.2) is 73.7 Å². The topological polar surface area (TPSA) is 69.0 Å². The third-order valence-electron chi connectivity index (χ3n) is 5.99. The number of halogens is 1. The van der Waals surface area contributed by atoms with Gasteiger partial charge in [-0.2, -0.15) is 4.39 Å². The number of hydrogen-bond acceptors (Lipinski definition) is 5. The van der Waals surface area contributed by atoms with Crippen LogP contribution in [-0.2, 0) is 4.79 Å². The number of nitrogens with zero attached hydrogens (tertiary/aromatic N) is 4. The van der Waals surface area contributed by atoms with E-state index in [4.69, 9.17) is 14.5 Å². The lowest BCUT2D eigenvalue weighted by Gasteiger charge is -2.22. The molecule has 172 valence electrons. The summed E-state index contributed by atoms with van der Waals surface area (Å²) in [7, 11) is 1.41. The zero-order valence-corrected chi connectivity index (χ0v) is 18.6. The maximum absolute atomic E-state index is 14.4. The lowest BCUT2D eigenvalue weighted by Crippen LogP contribution is -2.29. The quantitative estimate of drug-likeness (QED) is 0.372. The molecule has 1 amide bonds. The fourth-order valence-corrected chi connectivity index (χ4v) is 4.36. The molecule has 1 atom stereocenters. The first-order chi connectivity index (χ1) is 16.6. The molecule has 1 saturated heterocycles. The van der Waals surface area contributed by atoms with Gasteiger partial charge < -0.3 is 14.4 Å². The molecular weight excluding hydrogens is 435 g/mol. The molecule has 1 unspecified atom stereocenters. The average molecular weight is 458 g/mol. The SMILES string of the molecule is C=CC(=O)N1CCCC1c1nc(-c2ccc(Oc3cccc(OC)c3F)cc2)c2cnccn12. The number of fused-ring (bicyclic) bond motifs is 1. The van der Waals surface area contributed by atoms with Gasteiger partial charge in [-0.05, 0) is 55.3 Å². The normalized spacial score (nSPS) is 15.5. The number of hydrogen-bond donors (Lipinski definition) is 0. The number of benzene rings is 2. The van der Waals surface area contributed by atoms with Gasteiger partial charge in [0.05, 0.1) is 30.6 Å². The van der Waals surface area contributed by atoms with Crippen molar-refractivity contribution in [1.82, 2.24) is 19.3 Å². The smallest absolute Gasteiger partial charge is 0.246 e. The number of likely N-dealkylation sites (tertiary alicyclic amines) is 1. The van der Waals surface area contributed by atoms with E-state index in [-0.39, 0.29) is 23.4 Å². The second-order valence-corrected chi connectivity index (χ2v) is 7.94. The third kappa shape index (κ3) is 3.77. The molecule has 34 heavy (non-hydrogen) atoms. The second kappa shape index (κ2) is 8.97. The molecule has 1 aliphatic heterocycles. The third-order valence-corrected chi connectivity index (χ3v) is 5.99. The van der Waals surface area contributed by atoms with Gasteiger partial charge in [-0.15, -0.1) is 0 Å². The van der Waals surface area contributed by atoms with Crippen LogP contribution in [0.25, 0.3) is 16.8 Å². The fourth-order valence-electron chi connectivity index (χ4n) is 4.36. The van der Waals surface area contributed by atoms with E-state index in [2.05, 4.69) is 11.6 Å². The van der Waals surface area contributed by atoms with Crippen molar-refractivity contribution in [1.29, 1.82) is 0 Å². The van der Waals surface area contributed by atoms with E-state index >= 15 is 0 Å². The van der Waals surface area contributed by atoms with Crippen LogP contribution in [0, 0.1) is 5.82 Å². The van der Waals surface area contributed by atoms with E-state index in [1.54, 1.807) is 36.7 Å². The monoisotopic (exact) mass is 458 g/mol. The van der Waals surface area contributed by atoms with E-state index in [0.29, 0.717) is 12.3 Å². The first-order valence-electron chi connectivity index (χ1n) is 11.0. The summed E-state index contributed by atoms with van der Waals surface area (Å²) in [5.74, 6) is 0.824. The molecule has 1 fully saturated rings. The van der Waals surface area contributed by atoms with Gasteiger partial charge in [-0.1, -0.05) is 12.6 Å². The second-order valence-electron chi connectivity index (χ2n) is 7.94. The number of amides is 1. The Morgan fingerprint density at radius 1 is 1.21 bits per heavy atom. The summed E-state index contributed by atoms with van der Waals surface area (Å²) in [6.45, 7) is 4.31. The van der Waals surface area contributed by atoms with Crippen LogP contribution < -0.4 is 9.47 Å². The Labute approximate surface area is 196 Å². The molecule has 0 saturated carbocycles. The maximum Gasteiger partial charge on any atom is 0.246 e. The zero-order chi connectivity index (χ0) is 23.7. The molecule has 5 rings (SSSR count). The Morgan fingerprint density at radius 3 is 2.76 bits per heavy atom. The van der Waals surface area contributed by atoms with Gasteiger partial charge in [0.25, 0.3) is 0 Å². The van der Waals surface area contributed by atoms with Crippen LogP contribution in [0.2, 0.25) is 0 Å². The molecule has 7 nitrogen and oxygen atoms in total. The maximum atomic E-state index is 14.4. The largest absolute Gasteiger partial charge is 0.494 e. The van der Waals surface area contributed by atoms with E-state index < -0.39 is 5.82 Å². The summed E-state index contributed by atoms with van der Waals surface area (Å²) in [4.78, 5) is 23.4. The van der Waals surface area contributed by atoms with E-state index in [1.165, 1.54) is 19.3 Å². The standard InChI is InChI=1S/C26H23FN4O3/c1-3-23(32)30-14-5-6-19(30)26-29-25(20-16-28-13-15-31(20)26)17-9-11-18(12-10-17)34-22-8-4-7-21(33-2)24(22)27/h3-4,7-13,15-16,19H,1,5-6,14H2,2H3. The molecule has 4 aromatic rings. The molecule has 2 aromatic heterocycles. The minimum Gasteiger partial charge on any atom is -0.494 e. The van der Waals surface area contributed by atoms with Crippen molar-refractivity contribution in [3.63, 3.8) is 0 Å². The minimum atomic E-state index is -0.555. The van der Waals surface area contributed by atoms with E-state index in [1.807, 2.05) is 27.6 Å². The number of ether oxygens (including phenoxy) is 2. The Bertz CT molecular complexity index is 1370. The molecule has 0 radical (unpaired) electrons. The van der Waals surface area contributed by atoms with Gasteiger partial charge in [0, 0.05) is 24.5 Å². The number of imidazole rings is 1. The first kappa shape index (κ1) is 21.6. The van der Waals surface area contributed by atoms with Crippen molar-refractivity contribution in [3.05, 3.63) is 85.4 Å². The van der Waals surface area contributed by atoms with Crippen molar-refractivity contribution in [2.45, 2.75) is 18.9 Å². The summed E-state index contributed by atoms with van der Waals surface area (Å²) >= 11 is 0. The molecule has 0 spiro atoms. The molecule has 0 aliphatic carbocycles. The van der Waals surface area contributed by atoms with Gasteiger partial charge in [0.1, 0.15) is 11.6 Å². The average Bonchev–Trinajstić information content (AvgIpc) is 3.50. The Hall–Kier alpha value is -4.20. The molecule has 8 heteroatoms. The van der Waals surface area contributed by atoms with Crippen molar-refractivity contribution in [3.8, 4) is 28.5 Å². The van der Waals surface area contributed by atoms with Crippen molar-refractivity contribution in [2.75, 3.05) is 13.7 Å². The lowest BCUT2D eigenvalue weighted by atomic mass is 10.1. The number of carbonyl (C=O) groups is 1. The fraction of sp³-hybridized carbons (Fsp3) is 0.192.